The Morgan fingerprint density at radius 3 is 2.16 bits per heavy atom. The molecular formula is C17H21NO. The quantitative estimate of drug-likeness (QED) is 0.742. The van der Waals surface area contributed by atoms with Crippen molar-refractivity contribution < 1.29 is 4.79 Å². The van der Waals surface area contributed by atoms with Crippen molar-refractivity contribution in [2.24, 2.45) is 11.8 Å². The minimum absolute atomic E-state index is 0.183. The van der Waals surface area contributed by atoms with E-state index in [0.717, 1.165) is 30.5 Å². The van der Waals surface area contributed by atoms with Crippen molar-refractivity contribution in [2.75, 3.05) is 13.1 Å². The highest BCUT2D eigenvalue weighted by molar-refractivity contribution is 5.91. The molecule has 4 rings (SSSR count). The maximum absolute atomic E-state index is 12.3. The molecule has 0 N–H and O–H groups in total. The zero-order chi connectivity index (χ0) is 13.1. The minimum Gasteiger partial charge on any atom is -0.339 e. The zero-order valence-corrected chi connectivity index (χ0v) is 11.3. The van der Waals surface area contributed by atoms with E-state index in [-0.39, 0.29) is 5.91 Å². The third kappa shape index (κ3) is 3.06. The lowest BCUT2D eigenvalue weighted by molar-refractivity contribution is -0.126. The van der Waals surface area contributed by atoms with Crippen LogP contribution in [0.25, 0.3) is 6.08 Å². The number of hydrogen-bond acceptors (Lipinski definition) is 1. The van der Waals surface area contributed by atoms with Gasteiger partial charge in [-0.1, -0.05) is 30.3 Å². The van der Waals surface area contributed by atoms with Gasteiger partial charge in [-0.15, -0.1) is 0 Å². The van der Waals surface area contributed by atoms with Crippen molar-refractivity contribution in [2.45, 2.75) is 25.7 Å². The van der Waals surface area contributed by atoms with Gasteiger partial charge < -0.3 is 4.90 Å². The molecule has 2 aliphatic heterocycles. The molecule has 2 saturated heterocycles. The van der Waals surface area contributed by atoms with Crippen molar-refractivity contribution in [3.8, 4) is 0 Å². The molecule has 2 heteroatoms. The molecule has 1 aromatic rings. The van der Waals surface area contributed by atoms with Crippen molar-refractivity contribution in [3.05, 3.63) is 42.0 Å². The molecule has 0 radical (unpaired) electrons. The highest BCUT2D eigenvalue weighted by Crippen LogP contribution is 2.33. The van der Waals surface area contributed by atoms with Crippen LogP contribution in [-0.4, -0.2) is 23.9 Å². The van der Waals surface area contributed by atoms with E-state index in [1.165, 1.54) is 25.7 Å². The highest BCUT2D eigenvalue weighted by atomic mass is 16.2. The van der Waals surface area contributed by atoms with Crippen molar-refractivity contribution in [1.29, 1.82) is 0 Å². The molecule has 3 fully saturated rings. The first-order chi connectivity index (χ1) is 9.31. The van der Waals surface area contributed by atoms with Gasteiger partial charge in [-0.2, -0.15) is 0 Å². The van der Waals surface area contributed by atoms with Gasteiger partial charge in [0.15, 0.2) is 0 Å². The predicted octanol–water partition coefficient (Wildman–Crippen LogP) is 3.35. The van der Waals surface area contributed by atoms with Gasteiger partial charge >= 0.3 is 0 Å². The van der Waals surface area contributed by atoms with E-state index < -0.39 is 0 Å². The molecular weight excluding hydrogens is 234 g/mol. The largest absolute Gasteiger partial charge is 0.339 e. The van der Waals surface area contributed by atoms with E-state index in [0.29, 0.717) is 0 Å². The molecule has 1 aromatic carbocycles. The van der Waals surface area contributed by atoms with Crippen LogP contribution in [0, 0.1) is 11.8 Å². The molecule has 0 spiro atoms. The van der Waals surface area contributed by atoms with Crippen LogP contribution in [0.15, 0.2) is 36.4 Å². The highest BCUT2D eigenvalue weighted by Gasteiger charge is 2.30. The smallest absolute Gasteiger partial charge is 0.246 e. The second-order valence-electron chi connectivity index (χ2n) is 5.87. The third-order valence-electron chi connectivity index (χ3n) is 4.45. The van der Waals surface area contributed by atoms with Crippen LogP contribution in [0.2, 0.25) is 0 Å². The Balaban J connectivity index is 1.65. The number of carbonyl (C=O) groups excluding carboxylic acids is 1. The molecule has 1 saturated carbocycles. The van der Waals surface area contributed by atoms with Gasteiger partial charge in [-0.3, -0.25) is 4.79 Å². The van der Waals surface area contributed by atoms with Crippen LogP contribution in [0.1, 0.15) is 31.2 Å². The number of rotatable bonds is 2. The van der Waals surface area contributed by atoms with Crippen LogP contribution < -0.4 is 0 Å². The second-order valence-corrected chi connectivity index (χ2v) is 5.87. The number of nitrogens with zero attached hydrogens (tertiary/aromatic N) is 1. The van der Waals surface area contributed by atoms with E-state index >= 15 is 0 Å². The van der Waals surface area contributed by atoms with Crippen LogP contribution in [0.5, 0.6) is 0 Å². The van der Waals surface area contributed by atoms with Gasteiger partial charge in [0.2, 0.25) is 5.91 Å². The maximum atomic E-state index is 12.3. The first-order valence-corrected chi connectivity index (χ1v) is 7.33. The Hall–Kier alpha value is -1.57. The summed E-state index contributed by atoms with van der Waals surface area (Å²) < 4.78 is 0. The van der Waals surface area contributed by atoms with Gasteiger partial charge in [-0.25, -0.2) is 0 Å². The fourth-order valence-corrected chi connectivity index (χ4v) is 3.31. The first-order valence-electron chi connectivity index (χ1n) is 7.33. The number of benzene rings is 1. The molecule has 1 amide bonds. The van der Waals surface area contributed by atoms with Gasteiger partial charge in [0, 0.05) is 19.2 Å². The summed E-state index contributed by atoms with van der Waals surface area (Å²) >= 11 is 0. The summed E-state index contributed by atoms with van der Waals surface area (Å²) in [5.41, 5.74) is 1.09. The predicted molar refractivity (Wildman–Crippen MR) is 77.5 cm³/mol. The summed E-state index contributed by atoms with van der Waals surface area (Å²) in [6.07, 6.45) is 8.93. The summed E-state index contributed by atoms with van der Waals surface area (Å²) in [6.45, 7) is 1.93. The second kappa shape index (κ2) is 5.60. The monoisotopic (exact) mass is 255 g/mol. The molecule has 2 bridgehead atoms. The summed E-state index contributed by atoms with van der Waals surface area (Å²) in [5.74, 6) is 1.67. The molecule has 0 aromatic heterocycles. The number of fused-ring (bicyclic) bond motifs is 4. The Kier molecular flexibility index (Phi) is 3.67. The van der Waals surface area contributed by atoms with Crippen LogP contribution in [0.3, 0.4) is 0 Å². The van der Waals surface area contributed by atoms with E-state index in [2.05, 4.69) is 4.90 Å². The van der Waals surface area contributed by atoms with Gasteiger partial charge in [-0.05, 0) is 49.2 Å². The van der Waals surface area contributed by atoms with Gasteiger partial charge in [0.25, 0.3) is 0 Å². The number of amides is 1. The zero-order valence-electron chi connectivity index (χ0n) is 11.3. The first kappa shape index (κ1) is 12.5. The summed E-state index contributed by atoms with van der Waals surface area (Å²) in [4.78, 5) is 14.3. The Morgan fingerprint density at radius 1 is 1.00 bits per heavy atom. The van der Waals surface area contributed by atoms with Crippen LogP contribution in [0.4, 0.5) is 0 Å². The third-order valence-corrected chi connectivity index (χ3v) is 4.45. The molecule has 100 valence electrons. The standard InChI is InChI=1S/C17H21NO/c19-17(11-10-14-4-2-1-3-5-14)18-12-15-6-7-16(13-18)9-8-15/h1-5,10-11,15-16H,6-9,12-13H2/b11-10+. The van der Waals surface area contributed by atoms with Gasteiger partial charge in [0.05, 0.1) is 0 Å². The Morgan fingerprint density at radius 2 is 1.58 bits per heavy atom. The lowest BCUT2D eigenvalue weighted by Crippen LogP contribution is -2.33. The van der Waals surface area contributed by atoms with Gasteiger partial charge in [0.1, 0.15) is 0 Å². The molecule has 3 aliphatic rings. The molecule has 19 heavy (non-hydrogen) atoms. The number of hydrogen-bond donors (Lipinski definition) is 0. The topological polar surface area (TPSA) is 20.3 Å². The molecule has 2 nitrogen and oxygen atoms in total. The van der Waals surface area contributed by atoms with E-state index in [9.17, 15) is 4.79 Å². The summed E-state index contributed by atoms with van der Waals surface area (Å²) in [6, 6.07) is 10.0. The number of carbonyl (C=O) groups is 1. The summed E-state index contributed by atoms with van der Waals surface area (Å²) in [7, 11) is 0. The lowest BCUT2D eigenvalue weighted by atomic mass is 9.84. The van der Waals surface area contributed by atoms with Crippen LogP contribution in [-0.2, 0) is 4.79 Å². The fourth-order valence-electron chi connectivity index (χ4n) is 3.31. The van der Waals surface area contributed by atoms with Crippen LogP contribution >= 0.6 is 0 Å². The molecule has 2 heterocycles. The Bertz CT molecular complexity index is 443. The lowest BCUT2D eigenvalue weighted by Gasteiger charge is -2.20. The van der Waals surface area contributed by atoms with Crippen molar-refractivity contribution in [1.82, 2.24) is 4.90 Å². The summed E-state index contributed by atoms with van der Waals surface area (Å²) in [5, 5.41) is 0. The minimum atomic E-state index is 0.183. The fraction of sp³-hybridized carbons (Fsp3) is 0.471. The van der Waals surface area contributed by atoms with E-state index in [1.807, 2.05) is 36.4 Å². The average molecular weight is 255 g/mol. The molecule has 0 unspecified atom stereocenters. The normalized spacial score (nSPS) is 26.6. The molecule has 0 atom stereocenters. The Labute approximate surface area is 115 Å². The maximum Gasteiger partial charge on any atom is 0.246 e. The van der Waals surface area contributed by atoms with E-state index in [1.54, 1.807) is 6.08 Å². The van der Waals surface area contributed by atoms with E-state index in [4.69, 9.17) is 0 Å². The van der Waals surface area contributed by atoms with Crippen molar-refractivity contribution >= 4 is 12.0 Å². The average Bonchev–Trinajstić information content (AvgIpc) is 2.79. The molecule has 1 aliphatic carbocycles. The SMILES string of the molecule is O=C(/C=C/c1ccccc1)N1CC2CCC(CC2)C1. The van der Waals surface area contributed by atoms with Crippen molar-refractivity contribution in [3.63, 3.8) is 0 Å².